The number of halogens is 2. The number of nitrogens with zero attached hydrogens (tertiary/aromatic N) is 1. The average Bonchev–Trinajstić information content (AvgIpc) is 2.89. The van der Waals surface area contributed by atoms with Crippen molar-refractivity contribution in [2.75, 3.05) is 11.4 Å². The number of hydrogen-bond donors (Lipinski definition) is 1. The van der Waals surface area contributed by atoms with Crippen LogP contribution in [0.5, 0.6) is 0 Å². The lowest BCUT2D eigenvalue weighted by atomic mass is 10.2. The molecular formula is C17H14BrFN2O2. The zero-order valence-corrected chi connectivity index (χ0v) is 13.7. The van der Waals surface area contributed by atoms with E-state index < -0.39 is 6.04 Å². The van der Waals surface area contributed by atoms with Crippen LogP contribution in [0.25, 0.3) is 0 Å². The van der Waals surface area contributed by atoms with Gasteiger partial charge in [0.05, 0.1) is 0 Å². The minimum atomic E-state index is -0.563. The molecule has 2 aromatic rings. The molecule has 1 aliphatic rings. The molecule has 118 valence electrons. The first-order valence-electron chi connectivity index (χ1n) is 7.18. The van der Waals surface area contributed by atoms with Gasteiger partial charge in [-0.15, -0.1) is 0 Å². The van der Waals surface area contributed by atoms with Gasteiger partial charge < -0.3 is 10.2 Å². The lowest BCUT2D eigenvalue weighted by Crippen LogP contribution is -2.41. The van der Waals surface area contributed by atoms with Gasteiger partial charge in [0.25, 0.3) is 5.91 Å². The minimum absolute atomic E-state index is 0.181. The van der Waals surface area contributed by atoms with Gasteiger partial charge in [-0.25, -0.2) is 4.39 Å². The van der Waals surface area contributed by atoms with Crippen molar-refractivity contribution >= 4 is 33.4 Å². The third-order valence-corrected chi connectivity index (χ3v) is 4.23. The highest BCUT2D eigenvalue weighted by molar-refractivity contribution is 9.10. The maximum absolute atomic E-state index is 13.0. The van der Waals surface area contributed by atoms with Crippen LogP contribution in [0.1, 0.15) is 16.8 Å². The predicted octanol–water partition coefficient (Wildman–Crippen LogP) is 3.12. The first kappa shape index (κ1) is 15.7. The van der Waals surface area contributed by atoms with E-state index >= 15 is 0 Å². The van der Waals surface area contributed by atoms with Crippen LogP contribution < -0.4 is 10.2 Å². The Kier molecular flexibility index (Phi) is 4.43. The highest BCUT2D eigenvalue weighted by Gasteiger charge is 2.33. The first-order valence-corrected chi connectivity index (χ1v) is 7.97. The Balaban J connectivity index is 1.69. The molecule has 0 unspecified atom stereocenters. The largest absolute Gasteiger partial charge is 0.340 e. The number of hydrogen-bond acceptors (Lipinski definition) is 2. The smallest absolute Gasteiger partial charge is 0.251 e. The minimum Gasteiger partial charge on any atom is -0.340 e. The second-order valence-electron chi connectivity index (χ2n) is 5.29. The Bertz CT molecular complexity index is 749. The number of carbonyl (C=O) groups excluding carboxylic acids is 2. The summed E-state index contributed by atoms with van der Waals surface area (Å²) in [6, 6.07) is 12.2. The normalized spacial score (nSPS) is 17.4. The summed E-state index contributed by atoms with van der Waals surface area (Å²) < 4.78 is 13.8. The second-order valence-corrected chi connectivity index (χ2v) is 6.21. The average molecular weight is 377 g/mol. The second kappa shape index (κ2) is 6.50. The summed E-state index contributed by atoms with van der Waals surface area (Å²) in [6.07, 6.45) is 0.524. The van der Waals surface area contributed by atoms with Gasteiger partial charge >= 0.3 is 0 Å². The Hall–Kier alpha value is -2.21. The standard InChI is InChI=1S/C17H14BrFN2O2/c18-12-3-1-2-11(10-12)16(22)20-15-8-9-21(17(15)23)14-6-4-13(19)5-7-14/h1-7,10,15H,8-9H2,(H,20,22)/t15-/m1/s1. The predicted molar refractivity (Wildman–Crippen MR) is 88.8 cm³/mol. The van der Waals surface area contributed by atoms with Crippen molar-refractivity contribution in [2.45, 2.75) is 12.5 Å². The molecular weight excluding hydrogens is 363 g/mol. The summed E-state index contributed by atoms with van der Waals surface area (Å²) in [7, 11) is 0. The van der Waals surface area contributed by atoms with Crippen LogP contribution in [0.15, 0.2) is 53.0 Å². The summed E-state index contributed by atoms with van der Waals surface area (Å²) in [5.74, 6) is -0.814. The van der Waals surface area contributed by atoms with E-state index in [1.807, 2.05) is 6.07 Å². The van der Waals surface area contributed by atoms with Crippen LogP contribution in [-0.2, 0) is 4.79 Å². The van der Waals surface area contributed by atoms with E-state index in [1.54, 1.807) is 35.2 Å². The van der Waals surface area contributed by atoms with Crippen LogP contribution in [0.2, 0.25) is 0 Å². The molecule has 3 rings (SSSR count). The van der Waals surface area contributed by atoms with Gasteiger partial charge in [0, 0.05) is 22.3 Å². The van der Waals surface area contributed by atoms with Gasteiger partial charge in [-0.2, -0.15) is 0 Å². The van der Waals surface area contributed by atoms with Crippen molar-refractivity contribution in [1.82, 2.24) is 5.32 Å². The highest BCUT2D eigenvalue weighted by Crippen LogP contribution is 2.22. The van der Waals surface area contributed by atoms with Gasteiger partial charge in [0.15, 0.2) is 0 Å². The molecule has 4 nitrogen and oxygen atoms in total. The van der Waals surface area contributed by atoms with E-state index in [9.17, 15) is 14.0 Å². The molecule has 1 N–H and O–H groups in total. The molecule has 0 aromatic heterocycles. The third-order valence-electron chi connectivity index (χ3n) is 3.74. The molecule has 2 aromatic carbocycles. The molecule has 0 saturated carbocycles. The molecule has 0 spiro atoms. The van der Waals surface area contributed by atoms with E-state index in [0.29, 0.717) is 24.2 Å². The molecule has 0 radical (unpaired) electrons. The summed E-state index contributed by atoms with van der Waals surface area (Å²) in [4.78, 5) is 26.2. The van der Waals surface area contributed by atoms with Crippen molar-refractivity contribution < 1.29 is 14.0 Å². The Labute approximate surface area is 141 Å². The molecule has 1 aliphatic heterocycles. The van der Waals surface area contributed by atoms with Crippen LogP contribution in [0.4, 0.5) is 10.1 Å². The Morgan fingerprint density at radius 2 is 1.96 bits per heavy atom. The SMILES string of the molecule is O=C(N[C@@H]1CCN(c2ccc(F)cc2)C1=O)c1cccc(Br)c1. The first-order chi connectivity index (χ1) is 11.0. The van der Waals surface area contributed by atoms with Crippen molar-refractivity contribution in [2.24, 2.45) is 0 Å². The quantitative estimate of drug-likeness (QED) is 0.894. The van der Waals surface area contributed by atoms with Gasteiger partial charge in [-0.3, -0.25) is 9.59 Å². The highest BCUT2D eigenvalue weighted by atomic mass is 79.9. The summed E-state index contributed by atoms with van der Waals surface area (Å²) in [5.41, 5.74) is 1.13. The van der Waals surface area contributed by atoms with Crippen molar-refractivity contribution in [3.05, 3.63) is 64.4 Å². The molecule has 0 aliphatic carbocycles. The number of rotatable bonds is 3. The molecule has 0 bridgehead atoms. The number of nitrogens with one attached hydrogen (secondary N) is 1. The van der Waals surface area contributed by atoms with Crippen LogP contribution in [-0.4, -0.2) is 24.4 Å². The van der Waals surface area contributed by atoms with Gasteiger partial charge in [0.2, 0.25) is 5.91 Å². The van der Waals surface area contributed by atoms with E-state index in [-0.39, 0.29) is 17.6 Å². The third kappa shape index (κ3) is 3.42. The molecule has 1 fully saturated rings. The number of anilines is 1. The molecule has 23 heavy (non-hydrogen) atoms. The molecule has 1 heterocycles. The maximum Gasteiger partial charge on any atom is 0.251 e. The van der Waals surface area contributed by atoms with Crippen LogP contribution >= 0.6 is 15.9 Å². The van der Waals surface area contributed by atoms with Crippen LogP contribution in [0.3, 0.4) is 0 Å². The van der Waals surface area contributed by atoms with Crippen molar-refractivity contribution in [3.8, 4) is 0 Å². The number of benzene rings is 2. The van der Waals surface area contributed by atoms with Crippen LogP contribution in [0, 0.1) is 5.82 Å². The van der Waals surface area contributed by atoms with Gasteiger partial charge in [-0.1, -0.05) is 22.0 Å². The Morgan fingerprint density at radius 1 is 1.22 bits per heavy atom. The summed E-state index contributed by atoms with van der Waals surface area (Å²) in [6.45, 7) is 0.494. The zero-order chi connectivity index (χ0) is 16.4. The fraction of sp³-hybridized carbons (Fsp3) is 0.176. The van der Waals surface area contributed by atoms with Gasteiger partial charge in [-0.05, 0) is 48.9 Å². The molecule has 2 amide bonds. The lowest BCUT2D eigenvalue weighted by Gasteiger charge is -2.17. The molecule has 1 atom stereocenters. The summed E-state index contributed by atoms with van der Waals surface area (Å²) >= 11 is 3.32. The van der Waals surface area contributed by atoms with Gasteiger partial charge in [0.1, 0.15) is 11.9 Å². The monoisotopic (exact) mass is 376 g/mol. The number of amides is 2. The summed E-state index contributed by atoms with van der Waals surface area (Å²) in [5, 5.41) is 2.76. The lowest BCUT2D eigenvalue weighted by molar-refractivity contribution is -0.118. The van der Waals surface area contributed by atoms with Crippen molar-refractivity contribution in [3.63, 3.8) is 0 Å². The molecule has 6 heteroatoms. The van der Waals surface area contributed by atoms with E-state index in [1.165, 1.54) is 12.1 Å². The van der Waals surface area contributed by atoms with E-state index in [0.717, 1.165) is 4.47 Å². The topological polar surface area (TPSA) is 49.4 Å². The fourth-order valence-corrected chi connectivity index (χ4v) is 2.96. The zero-order valence-electron chi connectivity index (χ0n) is 12.1. The Morgan fingerprint density at radius 3 is 2.65 bits per heavy atom. The molecule has 1 saturated heterocycles. The maximum atomic E-state index is 13.0. The van der Waals surface area contributed by atoms with E-state index in [4.69, 9.17) is 0 Å². The van der Waals surface area contributed by atoms with E-state index in [2.05, 4.69) is 21.2 Å². The number of carbonyl (C=O) groups is 2. The van der Waals surface area contributed by atoms with Crippen molar-refractivity contribution in [1.29, 1.82) is 0 Å². The fourth-order valence-electron chi connectivity index (χ4n) is 2.56.